The highest BCUT2D eigenvalue weighted by Gasteiger charge is 2.21. The summed E-state index contributed by atoms with van der Waals surface area (Å²) in [4.78, 5) is 24.7. The standard InChI is InChI=1S/C34H37ClFN5O4/c1-22-9-7-10-23(2)31(22)39-32(42)26-21-37-34(40-33(26)45-29-13-11-24(35)19-30(29)43-3)38-25-12-14-28(27(36)20-25)44-18-8-17-41-15-5-4-6-16-41/h7,9-14,19-21H,4-6,8,15-18H2,1-3H3,(H,39,42)(H,37,38,40). The van der Waals surface area contributed by atoms with E-state index in [1.807, 2.05) is 32.0 Å². The molecule has 1 saturated heterocycles. The minimum atomic E-state index is -0.509. The van der Waals surface area contributed by atoms with Gasteiger partial charge < -0.3 is 29.7 Å². The molecule has 0 radical (unpaired) electrons. The Bertz CT molecular complexity index is 1630. The number of para-hydroxylation sites is 1. The predicted octanol–water partition coefficient (Wildman–Crippen LogP) is 7.94. The Balaban J connectivity index is 1.33. The van der Waals surface area contributed by atoms with Gasteiger partial charge in [-0.3, -0.25) is 4.79 Å². The smallest absolute Gasteiger partial charge is 0.262 e. The number of halogens is 2. The minimum Gasteiger partial charge on any atom is -0.493 e. The Hall–Kier alpha value is -4.41. The van der Waals surface area contributed by atoms with E-state index in [0.717, 1.165) is 37.2 Å². The number of aryl methyl sites for hydroxylation is 2. The Kier molecular flexibility index (Phi) is 10.7. The van der Waals surface area contributed by atoms with Crippen LogP contribution >= 0.6 is 11.6 Å². The molecule has 9 nitrogen and oxygen atoms in total. The fraction of sp³-hybridized carbons (Fsp3) is 0.324. The van der Waals surface area contributed by atoms with Crippen LogP contribution in [0.2, 0.25) is 5.02 Å². The lowest BCUT2D eigenvalue weighted by Crippen LogP contribution is -2.31. The number of piperidine rings is 1. The largest absolute Gasteiger partial charge is 0.493 e. The Morgan fingerprint density at radius 1 is 1.00 bits per heavy atom. The summed E-state index contributed by atoms with van der Waals surface area (Å²) >= 11 is 6.13. The summed E-state index contributed by atoms with van der Waals surface area (Å²) in [5.41, 5.74) is 2.97. The van der Waals surface area contributed by atoms with Gasteiger partial charge in [0.15, 0.2) is 23.1 Å². The van der Waals surface area contributed by atoms with E-state index in [1.165, 1.54) is 38.6 Å². The first-order valence-corrected chi connectivity index (χ1v) is 15.4. The zero-order valence-corrected chi connectivity index (χ0v) is 26.4. The maximum atomic E-state index is 14.9. The van der Waals surface area contributed by atoms with Crippen LogP contribution in [0.1, 0.15) is 47.2 Å². The number of carbonyl (C=O) groups is 1. The van der Waals surface area contributed by atoms with Crippen LogP contribution in [0, 0.1) is 19.7 Å². The van der Waals surface area contributed by atoms with Crippen LogP contribution < -0.4 is 24.8 Å². The van der Waals surface area contributed by atoms with Crippen molar-refractivity contribution in [2.75, 3.05) is 44.0 Å². The highest BCUT2D eigenvalue weighted by Crippen LogP contribution is 2.35. The summed E-state index contributed by atoms with van der Waals surface area (Å²) in [7, 11) is 1.48. The molecule has 1 aliphatic rings. The molecule has 1 fully saturated rings. The average molecular weight is 634 g/mol. The monoisotopic (exact) mass is 633 g/mol. The Labute approximate surface area is 267 Å². The topological polar surface area (TPSA) is 97.8 Å². The number of aromatic nitrogens is 2. The van der Waals surface area contributed by atoms with Crippen LogP contribution in [0.25, 0.3) is 0 Å². The molecule has 0 saturated carbocycles. The van der Waals surface area contributed by atoms with E-state index in [2.05, 4.69) is 25.5 Å². The van der Waals surface area contributed by atoms with Crippen LogP contribution in [0.15, 0.2) is 60.8 Å². The van der Waals surface area contributed by atoms with Gasteiger partial charge in [0.2, 0.25) is 11.8 Å². The number of nitrogens with one attached hydrogen (secondary N) is 2. The van der Waals surface area contributed by atoms with E-state index in [-0.39, 0.29) is 23.1 Å². The van der Waals surface area contributed by atoms with Gasteiger partial charge in [0.05, 0.1) is 13.7 Å². The summed E-state index contributed by atoms with van der Waals surface area (Å²) in [5, 5.41) is 6.39. The third-order valence-electron chi connectivity index (χ3n) is 7.56. The van der Waals surface area contributed by atoms with E-state index < -0.39 is 11.7 Å². The molecule has 2 N–H and O–H groups in total. The molecular formula is C34H37ClFN5O4. The first-order chi connectivity index (χ1) is 21.8. The molecule has 1 aromatic heterocycles. The minimum absolute atomic E-state index is 0.0361. The molecule has 11 heteroatoms. The number of anilines is 3. The second kappa shape index (κ2) is 15.0. The molecule has 5 rings (SSSR count). The number of hydrogen-bond acceptors (Lipinski definition) is 8. The second-order valence-electron chi connectivity index (χ2n) is 10.9. The lowest BCUT2D eigenvalue weighted by molar-refractivity contribution is 0.102. The van der Waals surface area contributed by atoms with Gasteiger partial charge in [0, 0.05) is 41.3 Å². The molecule has 236 valence electrons. The molecule has 1 aliphatic heterocycles. The zero-order chi connectivity index (χ0) is 31.8. The molecule has 3 aromatic carbocycles. The number of ether oxygens (including phenoxy) is 3. The molecule has 45 heavy (non-hydrogen) atoms. The van der Waals surface area contributed by atoms with E-state index in [4.69, 9.17) is 25.8 Å². The van der Waals surface area contributed by atoms with Crippen LogP contribution in [-0.2, 0) is 0 Å². The molecule has 0 atom stereocenters. The van der Waals surface area contributed by atoms with Crippen LogP contribution in [0.4, 0.5) is 21.7 Å². The Morgan fingerprint density at radius 3 is 2.49 bits per heavy atom. The van der Waals surface area contributed by atoms with Crippen molar-refractivity contribution in [3.63, 3.8) is 0 Å². The maximum absolute atomic E-state index is 14.9. The van der Waals surface area contributed by atoms with Crippen molar-refractivity contribution in [2.24, 2.45) is 0 Å². The quantitative estimate of drug-likeness (QED) is 0.152. The fourth-order valence-corrected chi connectivity index (χ4v) is 5.32. The van der Waals surface area contributed by atoms with Crippen molar-refractivity contribution in [1.82, 2.24) is 14.9 Å². The van der Waals surface area contributed by atoms with Crippen molar-refractivity contribution < 1.29 is 23.4 Å². The number of benzene rings is 3. The second-order valence-corrected chi connectivity index (χ2v) is 11.3. The van der Waals surface area contributed by atoms with E-state index in [9.17, 15) is 9.18 Å². The van der Waals surface area contributed by atoms with Crippen LogP contribution in [-0.4, -0.2) is 54.1 Å². The number of methoxy groups -OCH3 is 1. The summed E-state index contributed by atoms with van der Waals surface area (Å²) in [5.74, 6) is -0.0925. The molecule has 2 heterocycles. The molecule has 0 unspecified atom stereocenters. The van der Waals surface area contributed by atoms with Crippen LogP contribution in [0.3, 0.4) is 0 Å². The van der Waals surface area contributed by atoms with E-state index in [0.29, 0.717) is 34.5 Å². The summed E-state index contributed by atoms with van der Waals surface area (Å²) in [6, 6.07) is 15.1. The highest BCUT2D eigenvalue weighted by molar-refractivity contribution is 6.30. The normalized spacial score (nSPS) is 13.3. The van der Waals surface area contributed by atoms with Gasteiger partial charge in [0.25, 0.3) is 5.91 Å². The summed E-state index contributed by atoms with van der Waals surface area (Å²) < 4.78 is 32.2. The first kappa shape index (κ1) is 32.0. The molecular weight excluding hydrogens is 597 g/mol. The number of likely N-dealkylation sites (tertiary alicyclic amines) is 1. The van der Waals surface area contributed by atoms with Crippen molar-refractivity contribution >= 4 is 34.8 Å². The van der Waals surface area contributed by atoms with Gasteiger partial charge in [-0.1, -0.05) is 36.2 Å². The molecule has 0 bridgehead atoms. The van der Waals surface area contributed by atoms with Gasteiger partial charge >= 0.3 is 0 Å². The van der Waals surface area contributed by atoms with Gasteiger partial charge in [0.1, 0.15) is 5.56 Å². The average Bonchev–Trinajstić information content (AvgIpc) is 3.03. The SMILES string of the molecule is COc1cc(Cl)ccc1Oc1nc(Nc2ccc(OCCCN3CCCCC3)c(F)c2)ncc1C(=O)Nc1c(C)cccc1C. The number of nitrogens with zero attached hydrogens (tertiary/aromatic N) is 3. The van der Waals surface area contributed by atoms with E-state index in [1.54, 1.807) is 30.3 Å². The van der Waals surface area contributed by atoms with Gasteiger partial charge in [-0.2, -0.15) is 4.98 Å². The number of rotatable bonds is 12. The number of carbonyl (C=O) groups excluding carboxylic acids is 1. The number of hydrogen-bond donors (Lipinski definition) is 2. The highest BCUT2D eigenvalue weighted by atomic mass is 35.5. The predicted molar refractivity (Wildman–Crippen MR) is 174 cm³/mol. The van der Waals surface area contributed by atoms with Crippen molar-refractivity contribution in [3.8, 4) is 23.1 Å². The fourth-order valence-electron chi connectivity index (χ4n) is 5.16. The third-order valence-corrected chi connectivity index (χ3v) is 7.80. The number of amides is 1. The molecule has 4 aromatic rings. The lowest BCUT2D eigenvalue weighted by Gasteiger charge is -2.26. The Morgan fingerprint density at radius 2 is 1.76 bits per heavy atom. The van der Waals surface area contributed by atoms with Crippen molar-refractivity contribution in [2.45, 2.75) is 39.5 Å². The third kappa shape index (κ3) is 8.40. The van der Waals surface area contributed by atoms with Gasteiger partial charge in [-0.15, -0.1) is 0 Å². The lowest BCUT2D eigenvalue weighted by atomic mass is 10.1. The van der Waals surface area contributed by atoms with Crippen molar-refractivity contribution in [1.29, 1.82) is 0 Å². The molecule has 1 amide bonds. The summed E-state index contributed by atoms with van der Waals surface area (Å²) in [6.07, 6.45) is 5.95. The maximum Gasteiger partial charge on any atom is 0.262 e. The van der Waals surface area contributed by atoms with Gasteiger partial charge in [-0.25, -0.2) is 9.37 Å². The first-order valence-electron chi connectivity index (χ1n) is 15.0. The molecule has 0 aliphatic carbocycles. The van der Waals surface area contributed by atoms with Crippen molar-refractivity contribution in [3.05, 3.63) is 88.3 Å². The van der Waals surface area contributed by atoms with Gasteiger partial charge in [-0.05, 0) is 81.6 Å². The zero-order valence-electron chi connectivity index (χ0n) is 25.7. The summed E-state index contributed by atoms with van der Waals surface area (Å²) in [6.45, 7) is 7.44. The molecule has 0 spiro atoms. The van der Waals surface area contributed by atoms with Crippen LogP contribution in [0.5, 0.6) is 23.1 Å². The van der Waals surface area contributed by atoms with E-state index >= 15 is 0 Å².